The molecule has 0 N–H and O–H groups in total. The minimum atomic E-state index is 0.0613. The molecular formula is C21H20N2O2. The summed E-state index contributed by atoms with van der Waals surface area (Å²) in [4.78, 5) is 14.8. The number of para-hydroxylation sites is 1. The summed E-state index contributed by atoms with van der Waals surface area (Å²) in [6.07, 6.45) is 2.07. The summed E-state index contributed by atoms with van der Waals surface area (Å²) in [5.41, 5.74) is 1.87. The summed E-state index contributed by atoms with van der Waals surface area (Å²) in [7, 11) is 0. The van der Waals surface area contributed by atoms with Gasteiger partial charge < -0.3 is 14.2 Å². The Morgan fingerprint density at radius 1 is 0.920 bits per heavy atom. The smallest absolute Gasteiger partial charge is 0.254 e. The van der Waals surface area contributed by atoms with E-state index in [9.17, 15) is 4.79 Å². The van der Waals surface area contributed by atoms with Crippen molar-refractivity contribution in [2.45, 2.75) is 19.5 Å². The van der Waals surface area contributed by atoms with Crippen molar-refractivity contribution in [2.75, 3.05) is 6.54 Å². The third-order valence-corrected chi connectivity index (χ3v) is 4.68. The predicted octanol–water partition coefficient (Wildman–Crippen LogP) is 4.50. The van der Waals surface area contributed by atoms with Crippen LogP contribution >= 0.6 is 0 Å². The Morgan fingerprint density at radius 3 is 2.40 bits per heavy atom. The summed E-state index contributed by atoms with van der Waals surface area (Å²) >= 11 is 0. The highest BCUT2D eigenvalue weighted by atomic mass is 16.5. The molecular weight excluding hydrogens is 312 g/mol. The number of ether oxygens (including phenoxy) is 1. The van der Waals surface area contributed by atoms with E-state index in [4.69, 9.17) is 4.74 Å². The fourth-order valence-corrected chi connectivity index (χ4v) is 3.31. The predicted molar refractivity (Wildman–Crippen MR) is 96.8 cm³/mol. The molecule has 0 spiro atoms. The average Bonchev–Trinajstić information content (AvgIpc) is 3.13. The molecule has 1 aliphatic rings. The molecule has 1 aromatic heterocycles. The second-order valence-corrected chi connectivity index (χ2v) is 6.24. The number of rotatable bonds is 3. The van der Waals surface area contributed by atoms with Gasteiger partial charge in [-0.25, -0.2) is 0 Å². The molecule has 0 radical (unpaired) electrons. The fourth-order valence-electron chi connectivity index (χ4n) is 3.31. The van der Waals surface area contributed by atoms with Crippen molar-refractivity contribution in [3.63, 3.8) is 0 Å². The van der Waals surface area contributed by atoms with Gasteiger partial charge in [-0.3, -0.25) is 4.79 Å². The molecule has 2 heterocycles. The lowest BCUT2D eigenvalue weighted by molar-refractivity contribution is 0.0644. The van der Waals surface area contributed by atoms with Gasteiger partial charge in [0.15, 0.2) is 0 Å². The van der Waals surface area contributed by atoms with E-state index in [1.807, 2.05) is 65.6 Å². The summed E-state index contributed by atoms with van der Waals surface area (Å²) in [6, 6.07) is 21.2. The van der Waals surface area contributed by atoms with Gasteiger partial charge in [-0.05, 0) is 55.5 Å². The highest BCUT2D eigenvalue weighted by Crippen LogP contribution is 2.28. The maximum Gasteiger partial charge on any atom is 0.254 e. The standard InChI is InChI=1S/C21H20N2O2/c1-16-20-8-5-13-22(20)14-15-23(16)21(24)17-9-11-19(12-10-17)25-18-6-3-2-4-7-18/h2-13,16H,14-15H2,1H3. The zero-order valence-corrected chi connectivity index (χ0v) is 14.1. The normalized spacial score (nSPS) is 16.4. The number of carbonyl (C=O) groups excluding carboxylic acids is 1. The Bertz CT molecular complexity index is 868. The van der Waals surface area contributed by atoms with Crippen molar-refractivity contribution in [1.82, 2.24) is 9.47 Å². The van der Waals surface area contributed by atoms with Crippen molar-refractivity contribution in [1.29, 1.82) is 0 Å². The van der Waals surface area contributed by atoms with Gasteiger partial charge in [-0.2, -0.15) is 0 Å². The number of carbonyl (C=O) groups is 1. The molecule has 25 heavy (non-hydrogen) atoms. The van der Waals surface area contributed by atoms with Crippen LogP contribution in [0.1, 0.15) is 29.0 Å². The van der Waals surface area contributed by atoms with Crippen LogP contribution in [0.2, 0.25) is 0 Å². The summed E-state index contributed by atoms with van der Waals surface area (Å²) < 4.78 is 8.00. The monoisotopic (exact) mass is 332 g/mol. The number of aromatic nitrogens is 1. The van der Waals surface area contributed by atoms with Crippen LogP contribution in [0.5, 0.6) is 11.5 Å². The van der Waals surface area contributed by atoms with Crippen LogP contribution < -0.4 is 4.74 Å². The van der Waals surface area contributed by atoms with Gasteiger partial charge in [0.2, 0.25) is 0 Å². The first-order valence-corrected chi connectivity index (χ1v) is 8.51. The molecule has 1 aliphatic heterocycles. The lowest BCUT2D eigenvalue weighted by atomic mass is 10.1. The van der Waals surface area contributed by atoms with E-state index in [0.717, 1.165) is 24.6 Å². The molecule has 4 rings (SSSR count). The SMILES string of the molecule is CC1c2cccn2CCN1C(=O)c1ccc(Oc2ccccc2)cc1. The number of fused-ring (bicyclic) bond motifs is 1. The third-order valence-electron chi connectivity index (χ3n) is 4.68. The Morgan fingerprint density at radius 2 is 1.64 bits per heavy atom. The maximum atomic E-state index is 12.9. The molecule has 4 heteroatoms. The lowest BCUT2D eigenvalue weighted by Crippen LogP contribution is -2.40. The Labute approximate surface area is 147 Å². The van der Waals surface area contributed by atoms with Crippen LogP contribution in [0.4, 0.5) is 0 Å². The Kier molecular flexibility index (Phi) is 4.02. The Balaban J connectivity index is 1.49. The number of hydrogen-bond acceptors (Lipinski definition) is 2. The van der Waals surface area contributed by atoms with E-state index in [0.29, 0.717) is 5.56 Å². The number of benzene rings is 2. The summed E-state index contributed by atoms with van der Waals surface area (Å²) in [5.74, 6) is 1.57. The fraction of sp³-hybridized carbons (Fsp3) is 0.190. The van der Waals surface area contributed by atoms with Crippen molar-refractivity contribution in [3.8, 4) is 11.5 Å². The molecule has 0 saturated carbocycles. The molecule has 4 nitrogen and oxygen atoms in total. The first-order valence-electron chi connectivity index (χ1n) is 8.51. The van der Waals surface area contributed by atoms with Gasteiger partial charge in [-0.15, -0.1) is 0 Å². The van der Waals surface area contributed by atoms with Gasteiger partial charge >= 0.3 is 0 Å². The van der Waals surface area contributed by atoms with Gasteiger partial charge in [0.1, 0.15) is 11.5 Å². The van der Waals surface area contributed by atoms with Crippen molar-refractivity contribution in [3.05, 3.63) is 84.2 Å². The molecule has 0 saturated heterocycles. The highest BCUT2D eigenvalue weighted by Gasteiger charge is 2.27. The van der Waals surface area contributed by atoms with Gasteiger partial charge in [0.05, 0.1) is 6.04 Å². The van der Waals surface area contributed by atoms with Crippen LogP contribution in [0, 0.1) is 0 Å². The van der Waals surface area contributed by atoms with Gasteiger partial charge in [0.25, 0.3) is 5.91 Å². The second kappa shape index (κ2) is 6.48. The number of amides is 1. The largest absolute Gasteiger partial charge is 0.457 e. The average molecular weight is 332 g/mol. The van der Waals surface area contributed by atoms with E-state index in [1.54, 1.807) is 0 Å². The molecule has 2 aromatic carbocycles. The van der Waals surface area contributed by atoms with Crippen LogP contribution in [0.3, 0.4) is 0 Å². The summed E-state index contributed by atoms with van der Waals surface area (Å²) in [6.45, 7) is 3.65. The summed E-state index contributed by atoms with van der Waals surface area (Å²) in [5, 5.41) is 0. The van der Waals surface area contributed by atoms with Crippen LogP contribution in [0.25, 0.3) is 0 Å². The Hall–Kier alpha value is -3.01. The minimum absolute atomic E-state index is 0.0613. The van der Waals surface area contributed by atoms with Crippen LogP contribution in [0.15, 0.2) is 72.9 Å². The quantitative estimate of drug-likeness (QED) is 0.708. The molecule has 1 amide bonds. The number of hydrogen-bond donors (Lipinski definition) is 0. The van der Waals surface area contributed by atoms with Gasteiger partial charge in [0, 0.05) is 30.5 Å². The van der Waals surface area contributed by atoms with Crippen molar-refractivity contribution >= 4 is 5.91 Å². The third kappa shape index (κ3) is 3.03. The van der Waals surface area contributed by atoms with Crippen LogP contribution in [-0.4, -0.2) is 21.9 Å². The number of nitrogens with zero attached hydrogens (tertiary/aromatic N) is 2. The molecule has 0 bridgehead atoms. The van der Waals surface area contributed by atoms with Crippen molar-refractivity contribution < 1.29 is 9.53 Å². The topological polar surface area (TPSA) is 34.5 Å². The van der Waals surface area contributed by atoms with E-state index >= 15 is 0 Å². The zero-order valence-electron chi connectivity index (χ0n) is 14.1. The second-order valence-electron chi connectivity index (χ2n) is 6.24. The zero-order chi connectivity index (χ0) is 17.2. The first kappa shape index (κ1) is 15.5. The molecule has 126 valence electrons. The highest BCUT2D eigenvalue weighted by molar-refractivity contribution is 5.94. The molecule has 1 unspecified atom stereocenters. The van der Waals surface area contributed by atoms with E-state index in [2.05, 4.69) is 23.8 Å². The van der Waals surface area contributed by atoms with E-state index < -0.39 is 0 Å². The molecule has 0 aliphatic carbocycles. The van der Waals surface area contributed by atoms with Gasteiger partial charge in [-0.1, -0.05) is 18.2 Å². The molecule has 1 atom stereocenters. The first-order chi connectivity index (χ1) is 12.2. The van der Waals surface area contributed by atoms with Crippen molar-refractivity contribution in [2.24, 2.45) is 0 Å². The molecule has 0 fully saturated rings. The minimum Gasteiger partial charge on any atom is -0.457 e. The lowest BCUT2D eigenvalue weighted by Gasteiger charge is -2.35. The maximum absolute atomic E-state index is 12.9. The van der Waals surface area contributed by atoms with Crippen LogP contribution in [-0.2, 0) is 6.54 Å². The van der Waals surface area contributed by atoms with E-state index in [-0.39, 0.29) is 11.9 Å². The van der Waals surface area contributed by atoms with E-state index in [1.165, 1.54) is 5.69 Å². The molecule has 3 aromatic rings.